The van der Waals surface area contributed by atoms with Crippen LogP contribution in [0.25, 0.3) is 0 Å². The van der Waals surface area contributed by atoms with Gasteiger partial charge in [0.25, 0.3) is 0 Å². The van der Waals surface area contributed by atoms with Gasteiger partial charge in [-0.1, -0.05) is 19.1 Å². The molecule has 0 aromatic heterocycles. The Hall–Kier alpha value is -1.40. The Morgan fingerprint density at radius 2 is 1.93 bits per heavy atom. The summed E-state index contributed by atoms with van der Waals surface area (Å²) in [6.07, 6.45) is 4.30. The number of alkyl halides is 2. The number of aldehydes is 1. The number of hydrogen-bond donors (Lipinski definition) is 2. The molecule has 0 spiro atoms. The standard InChI is InChI=1S/C22H30F2O4/c1-4-7-19(2)15(6-11-25)17(23)12-16-14-5-8-22(28,18(27)13-26)20(14,3)9-10-21(16,19)24/h4,6-7,11,14,16-17,26,28H,5,8-10,12-13H2,1-3H3/b7-4-,15-6-/t14?,16?,17-,19?,20?,21+,22?/m0/s1. The molecular formula is C22H30F2O4. The second-order valence-electron chi connectivity index (χ2n) is 9.14. The van der Waals surface area contributed by atoms with E-state index in [2.05, 4.69) is 0 Å². The van der Waals surface area contributed by atoms with E-state index in [-0.39, 0.29) is 37.2 Å². The minimum Gasteiger partial charge on any atom is -0.388 e. The van der Waals surface area contributed by atoms with Crippen LogP contribution < -0.4 is 0 Å². The molecule has 3 aliphatic carbocycles. The molecule has 3 aliphatic rings. The molecule has 0 aliphatic heterocycles. The molecule has 0 aromatic carbocycles. The maximum atomic E-state index is 16.8. The number of Topliss-reactive ketones (excluding diaryl/α,β-unsaturated/α-hetero) is 1. The average molecular weight is 396 g/mol. The third-order valence-corrected chi connectivity index (χ3v) is 8.28. The molecule has 156 valence electrons. The fourth-order valence-corrected chi connectivity index (χ4v) is 6.68. The van der Waals surface area contributed by atoms with Crippen molar-refractivity contribution in [2.24, 2.45) is 22.7 Å². The second kappa shape index (κ2) is 6.84. The van der Waals surface area contributed by atoms with E-state index in [4.69, 9.17) is 0 Å². The van der Waals surface area contributed by atoms with E-state index in [0.717, 1.165) is 6.08 Å². The summed E-state index contributed by atoms with van der Waals surface area (Å²) in [5, 5.41) is 20.5. The lowest BCUT2D eigenvalue weighted by Gasteiger charge is -2.61. The van der Waals surface area contributed by atoms with Crippen LogP contribution in [-0.2, 0) is 9.59 Å². The Balaban J connectivity index is 2.11. The maximum Gasteiger partial charge on any atom is 0.190 e. The first-order chi connectivity index (χ1) is 13.1. The number of aliphatic hydroxyl groups excluding tert-OH is 1. The molecule has 0 aromatic rings. The zero-order chi connectivity index (χ0) is 21.0. The van der Waals surface area contributed by atoms with Crippen LogP contribution in [0.4, 0.5) is 8.78 Å². The van der Waals surface area contributed by atoms with E-state index >= 15 is 8.78 Å². The van der Waals surface area contributed by atoms with Gasteiger partial charge in [0.1, 0.15) is 30.3 Å². The molecule has 3 rings (SSSR count). The van der Waals surface area contributed by atoms with Gasteiger partial charge in [0, 0.05) is 16.7 Å². The highest BCUT2D eigenvalue weighted by Gasteiger charge is 2.71. The molecule has 7 atom stereocenters. The van der Waals surface area contributed by atoms with Crippen molar-refractivity contribution >= 4 is 12.1 Å². The lowest BCUT2D eigenvalue weighted by atomic mass is 9.45. The SMILES string of the molecule is C/C=C\C1(C)/C(=C\C=O)[C@@H](F)CC2C3CCC(O)(C(=O)CO)C3(C)CC[C@@]21F. The number of aliphatic hydroxyl groups is 2. The minimum atomic E-state index is -1.78. The summed E-state index contributed by atoms with van der Waals surface area (Å²) in [5.74, 6) is -1.71. The Bertz CT molecular complexity index is 734. The first-order valence-electron chi connectivity index (χ1n) is 10.0. The van der Waals surface area contributed by atoms with Crippen molar-refractivity contribution < 1.29 is 28.6 Å². The quantitative estimate of drug-likeness (QED) is 0.435. The lowest BCUT2D eigenvalue weighted by Crippen LogP contribution is -2.64. The first-order valence-corrected chi connectivity index (χ1v) is 10.0. The normalized spacial score (nSPS) is 49.8. The van der Waals surface area contributed by atoms with Gasteiger partial charge in [-0.05, 0) is 63.5 Å². The van der Waals surface area contributed by atoms with Gasteiger partial charge in [0.2, 0.25) is 0 Å². The summed E-state index contributed by atoms with van der Waals surface area (Å²) in [6.45, 7) is 4.39. The third-order valence-electron chi connectivity index (χ3n) is 8.28. The fourth-order valence-electron chi connectivity index (χ4n) is 6.68. The highest BCUT2D eigenvalue weighted by atomic mass is 19.1. The molecule has 5 unspecified atom stereocenters. The highest BCUT2D eigenvalue weighted by molar-refractivity contribution is 5.89. The summed E-state index contributed by atoms with van der Waals surface area (Å²) in [6, 6.07) is 0. The summed E-state index contributed by atoms with van der Waals surface area (Å²) in [7, 11) is 0. The number of carbonyl (C=O) groups excluding carboxylic acids is 2. The second-order valence-corrected chi connectivity index (χ2v) is 9.14. The Labute approximate surface area is 164 Å². The molecule has 2 N–H and O–H groups in total. The van der Waals surface area contributed by atoms with Gasteiger partial charge in [-0.15, -0.1) is 0 Å². The molecule has 6 heteroatoms. The van der Waals surface area contributed by atoms with Crippen LogP contribution in [0.1, 0.15) is 52.9 Å². The Kier molecular flexibility index (Phi) is 5.20. The molecule has 3 saturated carbocycles. The topological polar surface area (TPSA) is 74.6 Å². The number of halogens is 2. The monoisotopic (exact) mass is 396 g/mol. The maximum absolute atomic E-state index is 16.8. The molecular weight excluding hydrogens is 366 g/mol. The van der Waals surface area contributed by atoms with Crippen LogP contribution in [0.5, 0.6) is 0 Å². The smallest absolute Gasteiger partial charge is 0.190 e. The number of allylic oxidation sites excluding steroid dienone is 4. The van der Waals surface area contributed by atoms with Crippen LogP contribution in [0.3, 0.4) is 0 Å². The van der Waals surface area contributed by atoms with Crippen LogP contribution in [0, 0.1) is 22.7 Å². The highest BCUT2D eigenvalue weighted by Crippen LogP contribution is 2.69. The molecule has 0 amide bonds. The van der Waals surface area contributed by atoms with Gasteiger partial charge in [-0.3, -0.25) is 9.59 Å². The van der Waals surface area contributed by atoms with Gasteiger partial charge in [-0.25, -0.2) is 8.78 Å². The lowest BCUT2D eigenvalue weighted by molar-refractivity contribution is -0.181. The van der Waals surface area contributed by atoms with Crippen LogP contribution in [0.15, 0.2) is 23.8 Å². The van der Waals surface area contributed by atoms with E-state index in [1.807, 2.05) is 0 Å². The minimum absolute atomic E-state index is 0.0510. The molecule has 0 bridgehead atoms. The average Bonchev–Trinajstić information content (AvgIpc) is 2.93. The molecule has 3 fully saturated rings. The molecule has 0 heterocycles. The van der Waals surface area contributed by atoms with Crippen molar-refractivity contribution in [3.63, 3.8) is 0 Å². The van der Waals surface area contributed by atoms with Crippen LogP contribution in [-0.4, -0.2) is 46.3 Å². The predicted octanol–water partition coefficient (Wildman–Crippen LogP) is 3.26. The third kappa shape index (κ3) is 2.46. The van der Waals surface area contributed by atoms with E-state index in [1.165, 1.54) is 0 Å². The van der Waals surface area contributed by atoms with Gasteiger partial charge in [-0.2, -0.15) is 0 Å². The van der Waals surface area contributed by atoms with E-state index in [1.54, 1.807) is 32.9 Å². The van der Waals surface area contributed by atoms with Gasteiger partial charge in [0.05, 0.1) is 0 Å². The number of fused-ring (bicyclic) bond motifs is 3. The Morgan fingerprint density at radius 3 is 2.50 bits per heavy atom. The van der Waals surface area contributed by atoms with E-state index < -0.39 is 46.6 Å². The molecule has 0 saturated heterocycles. The summed E-state index contributed by atoms with van der Waals surface area (Å²) in [5.41, 5.74) is -5.52. The van der Waals surface area contributed by atoms with E-state index in [9.17, 15) is 19.8 Å². The Morgan fingerprint density at radius 1 is 1.25 bits per heavy atom. The zero-order valence-corrected chi connectivity index (χ0v) is 16.8. The van der Waals surface area contributed by atoms with Crippen molar-refractivity contribution in [2.45, 2.75) is 70.3 Å². The number of ketones is 1. The van der Waals surface area contributed by atoms with Crippen LogP contribution >= 0.6 is 0 Å². The number of rotatable bonds is 4. The molecule has 4 nitrogen and oxygen atoms in total. The zero-order valence-electron chi connectivity index (χ0n) is 16.8. The van der Waals surface area contributed by atoms with E-state index in [0.29, 0.717) is 12.7 Å². The number of carbonyl (C=O) groups is 2. The van der Waals surface area contributed by atoms with Crippen LogP contribution in [0.2, 0.25) is 0 Å². The fraction of sp³-hybridized carbons (Fsp3) is 0.727. The number of hydrogen-bond acceptors (Lipinski definition) is 4. The summed E-state index contributed by atoms with van der Waals surface area (Å²) < 4.78 is 31.9. The van der Waals surface area contributed by atoms with Gasteiger partial charge < -0.3 is 10.2 Å². The predicted molar refractivity (Wildman–Crippen MR) is 101 cm³/mol. The van der Waals surface area contributed by atoms with Crippen molar-refractivity contribution in [1.82, 2.24) is 0 Å². The van der Waals surface area contributed by atoms with Crippen molar-refractivity contribution in [2.75, 3.05) is 6.61 Å². The van der Waals surface area contributed by atoms with Crippen molar-refractivity contribution in [1.29, 1.82) is 0 Å². The van der Waals surface area contributed by atoms with Gasteiger partial charge in [0.15, 0.2) is 5.78 Å². The first kappa shape index (κ1) is 21.3. The summed E-state index contributed by atoms with van der Waals surface area (Å²) >= 11 is 0. The molecule has 0 radical (unpaired) electrons. The molecule has 28 heavy (non-hydrogen) atoms. The van der Waals surface area contributed by atoms with Crippen molar-refractivity contribution in [3.8, 4) is 0 Å². The largest absolute Gasteiger partial charge is 0.388 e. The summed E-state index contributed by atoms with van der Waals surface area (Å²) in [4.78, 5) is 23.5. The van der Waals surface area contributed by atoms with Crippen molar-refractivity contribution in [3.05, 3.63) is 23.8 Å². The van der Waals surface area contributed by atoms with Gasteiger partial charge >= 0.3 is 0 Å².